The van der Waals surface area contributed by atoms with Gasteiger partial charge < -0.3 is 14.5 Å². The van der Waals surface area contributed by atoms with Crippen LogP contribution >= 0.6 is 0 Å². The van der Waals surface area contributed by atoms with Gasteiger partial charge in [-0.25, -0.2) is 0 Å². The van der Waals surface area contributed by atoms with Crippen molar-refractivity contribution >= 4 is 11.6 Å². The maximum absolute atomic E-state index is 14.2. The van der Waals surface area contributed by atoms with E-state index in [0.717, 1.165) is 17.7 Å². The van der Waals surface area contributed by atoms with Crippen LogP contribution in [0.25, 0.3) is 5.70 Å². The zero-order chi connectivity index (χ0) is 24.2. The predicted octanol–water partition coefficient (Wildman–Crippen LogP) is 5.03. The number of alkyl halides is 5. The van der Waals surface area contributed by atoms with Gasteiger partial charge in [0.05, 0.1) is 19.4 Å². The highest BCUT2D eigenvalue weighted by Gasteiger charge is 2.59. The van der Waals surface area contributed by atoms with Crippen LogP contribution in [0.1, 0.15) is 40.9 Å². The van der Waals surface area contributed by atoms with Crippen LogP contribution in [-0.2, 0) is 17.3 Å². The lowest BCUT2D eigenvalue weighted by atomic mass is 9.87. The van der Waals surface area contributed by atoms with Gasteiger partial charge in [-0.3, -0.25) is 4.79 Å². The second-order valence-corrected chi connectivity index (χ2v) is 8.30. The van der Waals surface area contributed by atoms with Crippen molar-refractivity contribution in [3.05, 3.63) is 70.3 Å². The number of ether oxygens (including phenoxy) is 1. The van der Waals surface area contributed by atoms with Crippen LogP contribution in [0.3, 0.4) is 0 Å². The molecule has 5 nitrogen and oxygen atoms in total. The Morgan fingerprint density at radius 2 is 1.79 bits per heavy atom. The molecule has 0 aliphatic carbocycles. The van der Waals surface area contributed by atoms with Gasteiger partial charge >= 0.3 is 12.1 Å². The van der Waals surface area contributed by atoms with Crippen LogP contribution in [0.15, 0.2) is 48.0 Å². The standard InChI is InChI=1S/C23H21F5N2O3/c1-21(2)17(11-29-32-3)19(30-12-13-6-4-5-7-15(13)20(30)31)16-10-14(8-9-18(16)33-21)22(24,25)23(26,27)28/h4-10,29H,11-12H2,1-3H3. The van der Waals surface area contributed by atoms with E-state index in [1.54, 1.807) is 38.1 Å². The van der Waals surface area contributed by atoms with Crippen molar-refractivity contribution in [2.45, 2.75) is 38.1 Å². The molecule has 1 amide bonds. The molecule has 2 heterocycles. The summed E-state index contributed by atoms with van der Waals surface area (Å²) in [4.78, 5) is 19.6. The van der Waals surface area contributed by atoms with Gasteiger partial charge in [-0.15, -0.1) is 0 Å². The second kappa shape index (κ2) is 7.81. The lowest BCUT2D eigenvalue weighted by molar-refractivity contribution is -0.289. The van der Waals surface area contributed by atoms with E-state index in [9.17, 15) is 26.7 Å². The Kier molecular flexibility index (Phi) is 5.49. The number of halogens is 5. The largest absolute Gasteiger partial charge is 0.483 e. The Balaban J connectivity index is 1.93. The summed E-state index contributed by atoms with van der Waals surface area (Å²) in [6.07, 6.45) is -5.78. The van der Waals surface area contributed by atoms with Crippen LogP contribution in [0.4, 0.5) is 22.0 Å². The Labute approximate surface area is 186 Å². The lowest BCUT2D eigenvalue weighted by Crippen LogP contribution is -2.42. The van der Waals surface area contributed by atoms with Gasteiger partial charge in [0.1, 0.15) is 11.4 Å². The third kappa shape index (κ3) is 3.76. The van der Waals surface area contributed by atoms with Gasteiger partial charge in [0, 0.05) is 28.8 Å². The normalized spacial score (nSPS) is 17.7. The van der Waals surface area contributed by atoms with Crippen LogP contribution in [0, 0.1) is 0 Å². The highest BCUT2D eigenvalue weighted by atomic mass is 19.4. The zero-order valence-corrected chi connectivity index (χ0v) is 18.0. The molecule has 0 saturated carbocycles. The molecule has 0 unspecified atom stereocenters. The van der Waals surface area contributed by atoms with Gasteiger partial charge in [-0.1, -0.05) is 18.2 Å². The number of hydrogen-bond donors (Lipinski definition) is 1. The third-order valence-electron chi connectivity index (χ3n) is 5.82. The topological polar surface area (TPSA) is 50.8 Å². The molecule has 2 aromatic rings. The average molecular weight is 468 g/mol. The molecule has 0 atom stereocenters. The summed E-state index contributed by atoms with van der Waals surface area (Å²) in [6.45, 7) is 3.61. The van der Waals surface area contributed by atoms with Crippen molar-refractivity contribution in [3.63, 3.8) is 0 Å². The molecule has 0 fully saturated rings. The second-order valence-electron chi connectivity index (χ2n) is 8.30. The summed E-state index contributed by atoms with van der Waals surface area (Å²) in [5, 5.41) is 0. The summed E-state index contributed by atoms with van der Waals surface area (Å²) >= 11 is 0. The fourth-order valence-corrected chi connectivity index (χ4v) is 4.13. The van der Waals surface area contributed by atoms with Crippen molar-refractivity contribution in [1.82, 2.24) is 10.4 Å². The molecule has 33 heavy (non-hydrogen) atoms. The molecular formula is C23H21F5N2O3. The summed E-state index contributed by atoms with van der Waals surface area (Å²) in [6, 6.07) is 9.40. The zero-order valence-electron chi connectivity index (χ0n) is 18.0. The number of nitrogens with one attached hydrogen (secondary N) is 1. The molecular weight excluding hydrogens is 447 g/mol. The van der Waals surface area contributed by atoms with Gasteiger partial charge in [0.2, 0.25) is 0 Å². The Morgan fingerprint density at radius 1 is 1.09 bits per heavy atom. The summed E-state index contributed by atoms with van der Waals surface area (Å²) in [5.74, 6) is -5.36. The fraction of sp³-hybridized carbons (Fsp3) is 0.348. The molecule has 2 aliphatic rings. The van der Waals surface area contributed by atoms with Crippen molar-refractivity contribution in [2.24, 2.45) is 0 Å². The number of nitrogens with zero attached hydrogens (tertiary/aromatic N) is 1. The number of hydrogen-bond acceptors (Lipinski definition) is 4. The van der Waals surface area contributed by atoms with E-state index in [-0.39, 0.29) is 36.0 Å². The molecule has 2 aromatic carbocycles. The number of rotatable bonds is 5. The molecule has 0 radical (unpaired) electrons. The molecule has 0 aromatic heterocycles. The van der Waals surface area contributed by atoms with Crippen LogP contribution in [0.5, 0.6) is 5.75 Å². The fourth-order valence-electron chi connectivity index (χ4n) is 4.13. The Bertz CT molecular complexity index is 1140. The quantitative estimate of drug-likeness (QED) is 0.494. The minimum Gasteiger partial charge on any atom is -0.483 e. The number of carbonyl (C=O) groups excluding carboxylic acids is 1. The first kappa shape index (κ1) is 23.2. The van der Waals surface area contributed by atoms with E-state index in [2.05, 4.69) is 5.48 Å². The maximum Gasteiger partial charge on any atom is 0.458 e. The highest BCUT2D eigenvalue weighted by Crippen LogP contribution is 2.49. The Morgan fingerprint density at radius 3 is 2.42 bits per heavy atom. The number of carbonyl (C=O) groups is 1. The van der Waals surface area contributed by atoms with Crippen LogP contribution in [-0.4, -0.2) is 36.2 Å². The third-order valence-corrected chi connectivity index (χ3v) is 5.82. The molecule has 1 N–H and O–H groups in total. The van der Waals surface area contributed by atoms with E-state index in [1.165, 1.54) is 12.0 Å². The first-order chi connectivity index (χ1) is 15.4. The van der Waals surface area contributed by atoms with Crippen molar-refractivity contribution < 1.29 is 36.3 Å². The molecule has 176 valence electrons. The highest BCUT2D eigenvalue weighted by molar-refractivity contribution is 6.04. The van der Waals surface area contributed by atoms with E-state index in [1.807, 2.05) is 0 Å². The molecule has 0 bridgehead atoms. The summed E-state index contributed by atoms with van der Waals surface area (Å²) < 4.78 is 73.6. The minimum absolute atomic E-state index is 0.0233. The van der Waals surface area contributed by atoms with Crippen molar-refractivity contribution in [1.29, 1.82) is 0 Å². The SMILES string of the molecule is CONCC1=C(N2Cc3ccccc3C2=O)c2cc(C(F)(F)C(F)(F)F)ccc2OC1(C)C. The first-order valence-electron chi connectivity index (χ1n) is 10.1. The summed E-state index contributed by atoms with van der Waals surface area (Å²) in [7, 11) is 1.38. The molecule has 4 rings (SSSR count). The minimum atomic E-state index is -5.78. The molecule has 2 aliphatic heterocycles. The molecule has 0 spiro atoms. The van der Waals surface area contributed by atoms with E-state index in [4.69, 9.17) is 9.57 Å². The van der Waals surface area contributed by atoms with Crippen LogP contribution < -0.4 is 10.2 Å². The van der Waals surface area contributed by atoms with Crippen LogP contribution in [0.2, 0.25) is 0 Å². The van der Waals surface area contributed by atoms with Gasteiger partial charge in [-0.2, -0.15) is 27.4 Å². The van der Waals surface area contributed by atoms with Gasteiger partial charge in [0.25, 0.3) is 5.91 Å². The Hall–Kier alpha value is -2.98. The smallest absolute Gasteiger partial charge is 0.458 e. The monoisotopic (exact) mass is 468 g/mol. The van der Waals surface area contributed by atoms with E-state index in [0.29, 0.717) is 17.2 Å². The lowest BCUT2D eigenvalue weighted by Gasteiger charge is -2.40. The number of amides is 1. The van der Waals surface area contributed by atoms with Gasteiger partial charge in [-0.05, 0) is 43.7 Å². The number of hydroxylamine groups is 1. The average Bonchev–Trinajstić information content (AvgIpc) is 3.06. The van der Waals surface area contributed by atoms with Crippen molar-refractivity contribution in [2.75, 3.05) is 13.7 Å². The molecule has 0 saturated heterocycles. The number of benzene rings is 2. The first-order valence-corrected chi connectivity index (χ1v) is 10.1. The van der Waals surface area contributed by atoms with E-state index < -0.39 is 23.3 Å². The van der Waals surface area contributed by atoms with Gasteiger partial charge in [0.15, 0.2) is 0 Å². The van der Waals surface area contributed by atoms with Crippen molar-refractivity contribution in [3.8, 4) is 5.75 Å². The maximum atomic E-state index is 14.2. The summed E-state index contributed by atoms with van der Waals surface area (Å²) in [5.41, 5.74) is 2.21. The van der Waals surface area contributed by atoms with E-state index >= 15 is 0 Å². The number of fused-ring (bicyclic) bond motifs is 2. The predicted molar refractivity (Wildman–Crippen MR) is 109 cm³/mol. The molecule has 10 heteroatoms.